The molecule has 7 nitrogen and oxygen atoms in total. The van der Waals surface area contributed by atoms with Crippen molar-refractivity contribution < 1.29 is 28.0 Å². The Balaban J connectivity index is 3.05. The Morgan fingerprint density at radius 2 is 2.14 bits per heavy atom. The molecule has 1 heterocycles. The minimum absolute atomic E-state index is 0.0639. The lowest BCUT2D eigenvalue weighted by Gasteiger charge is -2.19. The molecule has 10 heteroatoms. The fourth-order valence-electron chi connectivity index (χ4n) is 1.63. The molecule has 0 spiro atoms. The molecule has 0 aliphatic heterocycles. The average Bonchev–Trinajstić information content (AvgIpc) is 2.36. The molecular formula is C11H12F3N3O4. The number of nitrogens with zero attached hydrogens (tertiary/aromatic N) is 3. The van der Waals surface area contributed by atoms with E-state index in [1.165, 1.54) is 11.9 Å². The summed E-state index contributed by atoms with van der Waals surface area (Å²) >= 11 is 0. The Morgan fingerprint density at radius 1 is 1.52 bits per heavy atom. The normalized spacial score (nSPS) is 11.2. The predicted octanol–water partition coefficient (Wildman–Crippen LogP) is 2.31. The number of hydrogen-bond acceptors (Lipinski definition) is 5. The van der Waals surface area contributed by atoms with Gasteiger partial charge in [-0.15, -0.1) is 0 Å². The molecule has 0 aromatic carbocycles. The van der Waals surface area contributed by atoms with Crippen LogP contribution < -0.4 is 4.90 Å². The van der Waals surface area contributed by atoms with Crippen LogP contribution in [0.3, 0.4) is 0 Å². The SMILES string of the molecule is CN(CCCC(=O)O)c1cc(C(F)(F)F)ncc1[N+](=O)[O-]. The van der Waals surface area contributed by atoms with Gasteiger partial charge in [0, 0.05) is 20.0 Å². The number of aromatic nitrogens is 1. The Labute approximate surface area is 117 Å². The zero-order valence-electron chi connectivity index (χ0n) is 10.9. The van der Waals surface area contributed by atoms with Crippen molar-refractivity contribution in [2.45, 2.75) is 19.0 Å². The average molecular weight is 307 g/mol. The number of carboxylic acid groups (broad SMARTS) is 1. The zero-order chi connectivity index (χ0) is 16.2. The lowest BCUT2D eigenvalue weighted by molar-refractivity contribution is -0.384. The third-order valence-electron chi connectivity index (χ3n) is 2.64. The van der Waals surface area contributed by atoms with Gasteiger partial charge in [-0.3, -0.25) is 14.9 Å². The van der Waals surface area contributed by atoms with E-state index in [1.54, 1.807) is 0 Å². The summed E-state index contributed by atoms with van der Waals surface area (Å²) < 4.78 is 37.8. The van der Waals surface area contributed by atoms with E-state index >= 15 is 0 Å². The standard InChI is InChI=1S/C11H12F3N3O4/c1-16(4-2-3-10(18)19)7-5-9(11(12,13)14)15-6-8(7)17(20)21/h5-6H,2-4H2,1H3,(H,18,19). The Bertz CT molecular complexity index is 548. The number of hydrogen-bond donors (Lipinski definition) is 1. The molecule has 0 saturated carbocycles. The minimum Gasteiger partial charge on any atom is -0.481 e. The first kappa shape index (κ1) is 16.7. The highest BCUT2D eigenvalue weighted by molar-refractivity contribution is 5.67. The molecule has 21 heavy (non-hydrogen) atoms. The van der Waals surface area contributed by atoms with E-state index < -0.39 is 28.5 Å². The van der Waals surface area contributed by atoms with E-state index in [2.05, 4.69) is 4.98 Å². The Morgan fingerprint density at radius 3 is 2.62 bits per heavy atom. The molecule has 1 aromatic heterocycles. The van der Waals surface area contributed by atoms with Gasteiger partial charge in [0.2, 0.25) is 0 Å². The van der Waals surface area contributed by atoms with Crippen molar-refractivity contribution in [2.75, 3.05) is 18.5 Å². The van der Waals surface area contributed by atoms with Crippen molar-refractivity contribution in [1.82, 2.24) is 4.98 Å². The van der Waals surface area contributed by atoms with Gasteiger partial charge < -0.3 is 10.0 Å². The molecule has 0 aliphatic rings. The smallest absolute Gasteiger partial charge is 0.433 e. The van der Waals surface area contributed by atoms with Gasteiger partial charge in [-0.1, -0.05) is 0 Å². The molecule has 0 saturated heterocycles. The number of anilines is 1. The number of rotatable bonds is 6. The van der Waals surface area contributed by atoms with Crippen molar-refractivity contribution in [1.29, 1.82) is 0 Å². The van der Waals surface area contributed by atoms with Gasteiger partial charge in [-0.25, -0.2) is 4.98 Å². The Hall–Kier alpha value is -2.39. The van der Waals surface area contributed by atoms with Crippen LogP contribution in [0.25, 0.3) is 0 Å². The highest BCUT2D eigenvalue weighted by Gasteiger charge is 2.34. The minimum atomic E-state index is -4.72. The molecular weight excluding hydrogens is 295 g/mol. The third kappa shape index (κ3) is 4.58. The van der Waals surface area contributed by atoms with Crippen molar-refractivity contribution in [3.8, 4) is 0 Å². The first-order valence-electron chi connectivity index (χ1n) is 5.77. The summed E-state index contributed by atoms with van der Waals surface area (Å²) in [7, 11) is 1.35. The quantitative estimate of drug-likeness (QED) is 0.640. The number of aliphatic carboxylic acids is 1. The lowest BCUT2D eigenvalue weighted by atomic mass is 10.2. The maximum Gasteiger partial charge on any atom is 0.433 e. The predicted molar refractivity (Wildman–Crippen MR) is 66.0 cm³/mol. The Kier molecular flexibility index (Phi) is 5.06. The van der Waals surface area contributed by atoms with Crippen LogP contribution in [0, 0.1) is 10.1 Å². The third-order valence-corrected chi connectivity index (χ3v) is 2.64. The van der Waals surface area contributed by atoms with Crippen LogP contribution in [0.1, 0.15) is 18.5 Å². The highest BCUT2D eigenvalue weighted by atomic mass is 19.4. The zero-order valence-corrected chi connectivity index (χ0v) is 10.9. The summed E-state index contributed by atoms with van der Waals surface area (Å²) in [6.07, 6.45) is -4.21. The maximum absolute atomic E-state index is 12.6. The van der Waals surface area contributed by atoms with Gasteiger partial charge in [0.1, 0.15) is 17.6 Å². The van der Waals surface area contributed by atoms with Crippen LogP contribution in [0.15, 0.2) is 12.3 Å². The van der Waals surface area contributed by atoms with Crippen LogP contribution in [0.2, 0.25) is 0 Å². The molecule has 0 bridgehead atoms. The lowest BCUT2D eigenvalue weighted by Crippen LogP contribution is -2.21. The number of halogens is 3. The second kappa shape index (κ2) is 6.37. The maximum atomic E-state index is 12.6. The molecule has 1 N–H and O–H groups in total. The van der Waals surface area contributed by atoms with Gasteiger partial charge >= 0.3 is 17.8 Å². The fourth-order valence-corrected chi connectivity index (χ4v) is 1.63. The van der Waals surface area contributed by atoms with Crippen molar-refractivity contribution in [3.05, 3.63) is 28.1 Å². The topological polar surface area (TPSA) is 96.6 Å². The summed E-state index contributed by atoms with van der Waals surface area (Å²) in [5.74, 6) is -1.05. The van der Waals surface area contributed by atoms with Crippen LogP contribution in [0.4, 0.5) is 24.5 Å². The second-order valence-corrected chi connectivity index (χ2v) is 4.23. The van der Waals surface area contributed by atoms with Crippen LogP contribution in [-0.2, 0) is 11.0 Å². The first-order chi connectivity index (χ1) is 9.62. The number of carboxylic acids is 1. The number of carbonyl (C=O) groups is 1. The first-order valence-corrected chi connectivity index (χ1v) is 5.77. The van der Waals surface area contributed by atoms with Crippen molar-refractivity contribution in [2.24, 2.45) is 0 Å². The van der Waals surface area contributed by atoms with E-state index in [0.717, 1.165) is 0 Å². The largest absolute Gasteiger partial charge is 0.481 e. The van der Waals surface area contributed by atoms with E-state index in [4.69, 9.17) is 5.11 Å². The van der Waals surface area contributed by atoms with Crippen molar-refractivity contribution >= 4 is 17.3 Å². The molecule has 0 atom stereocenters. The monoisotopic (exact) mass is 307 g/mol. The summed E-state index contributed by atoms with van der Waals surface area (Å²) in [4.78, 5) is 24.6. The molecule has 0 aliphatic carbocycles. The summed E-state index contributed by atoms with van der Waals surface area (Å²) in [6, 6.07) is 0.582. The van der Waals surface area contributed by atoms with E-state index in [9.17, 15) is 28.1 Å². The van der Waals surface area contributed by atoms with Crippen LogP contribution in [0.5, 0.6) is 0 Å². The van der Waals surface area contributed by atoms with Crippen LogP contribution in [-0.4, -0.2) is 34.6 Å². The van der Waals surface area contributed by atoms with E-state index in [1.807, 2.05) is 0 Å². The van der Waals surface area contributed by atoms with E-state index in [0.29, 0.717) is 12.3 Å². The highest BCUT2D eigenvalue weighted by Crippen LogP contribution is 2.34. The summed E-state index contributed by atoms with van der Waals surface area (Å²) in [6.45, 7) is 0.0639. The van der Waals surface area contributed by atoms with E-state index in [-0.39, 0.29) is 25.1 Å². The molecule has 116 valence electrons. The van der Waals surface area contributed by atoms with Crippen molar-refractivity contribution in [3.63, 3.8) is 0 Å². The molecule has 0 fully saturated rings. The van der Waals surface area contributed by atoms with Gasteiger partial charge in [-0.05, 0) is 12.5 Å². The number of nitro groups is 1. The fraction of sp³-hybridized carbons (Fsp3) is 0.455. The molecule has 0 amide bonds. The molecule has 0 unspecified atom stereocenters. The van der Waals surface area contributed by atoms with Crippen LogP contribution >= 0.6 is 0 Å². The van der Waals surface area contributed by atoms with Gasteiger partial charge in [0.25, 0.3) is 0 Å². The summed E-state index contributed by atoms with van der Waals surface area (Å²) in [5.41, 5.74) is -2.07. The molecule has 1 rings (SSSR count). The van der Waals surface area contributed by atoms with Gasteiger partial charge in [-0.2, -0.15) is 13.2 Å². The van der Waals surface area contributed by atoms with Gasteiger partial charge in [0.05, 0.1) is 4.92 Å². The molecule has 1 aromatic rings. The summed E-state index contributed by atoms with van der Waals surface area (Å²) in [5, 5.41) is 19.3. The van der Waals surface area contributed by atoms with Gasteiger partial charge in [0.15, 0.2) is 0 Å². The second-order valence-electron chi connectivity index (χ2n) is 4.23. The molecule has 0 radical (unpaired) electrons. The number of pyridine rings is 1. The number of alkyl halides is 3.